The van der Waals surface area contributed by atoms with Crippen molar-refractivity contribution < 1.29 is 32.7 Å². The van der Waals surface area contributed by atoms with Gasteiger partial charge in [-0.05, 0) is 0 Å². The summed E-state index contributed by atoms with van der Waals surface area (Å²) in [7, 11) is -3.17. The maximum Gasteiger partial charge on any atom is 0.306 e. The Morgan fingerprint density at radius 1 is 1.48 bits per heavy atom. The summed E-state index contributed by atoms with van der Waals surface area (Å²) >= 11 is 0. The number of carbonyl (C=O) groups is 1. The lowest BCUT2D eigenvalue weighted by atomic mass is 10.2. The Morgan fingerprint density at radius 2 is 2.10 bits per heavy atom. The van der Waals surface area contributed by atoms with Crippen LogP contribution in [0.2, 0.25) is 0 Å². The van der Waals surface area contributed by atoms with E-state index in [1.165, 1.54) is 0 Å². The molecule has 0 aliphatic rings. The van der Waals surface area contributed by atoms with Crippen LogP contribution in [0.3, 0.4) is 0 Å². The lowest BCUT2D eigenvalue weighted by molar-refractivity contribution is -0.385. The van der Waals surface area contributed by atoms with Gasteiger partial charge in [-0.1, -0.05) is 0 Å². The van der Waals surface area contributed by atoms with Gasteiger partial charge in [-0.3, -0.25) is 14.9 Å². The molecular formula is C10H12N2O8S. The highest BCUT2D eigenvalue weighted by Gasteiger charge is 2.25. The van der Waals surface area contributed by atoms with E-state index in [1.54, 1.807) is 0 Å². The molecule has 3 N–H and O–H groups in total. The molecule has 0 spiro atoms. The minimum atomic E-state index is -4.29. The molecule has 0 bridgehead atoms. The zero-order valence-electron chi connectivity index (χ0n) is 10.8. The second-order valence-corrected chi connectivity index (χ2v) is 5.30. The number of nitrogens with two attached hydrogens (primary N) is 1. The first-order valence-corrected chi connectivity index (χ1v) is 6.95. The van der Waals surface area contributed by atoms with Crippen LogP contribution in [0.25, 0.3) is 0 Å². The molecular weight excluding hydrogens is 308 g/mol. The first-order valence-electron chi connectivity index (χ1n) is 5.40. The Labute approximate surface area is 119 Å². The molecule has 0 fully saturated rings. The maximum absolute atomic E-state index is 11.4. The van der Waals surface area contributed by atoms with Crippen molar-refractivity contribution in [1.29, 1.82) is 0 Å². The zero-order chi connectivity index (χ0) is 16.2. The molecule has 0 radical (unpaired) electrons. The van der Waals surface area contributed by atoms with Crippen molar-refractivity contribution in [1.82, 2.24) is 0 Å². The van der Waals surface area contributed by atoms with Crippen molar-refractivity contribution >= 4 is 21.7 Å². The van der Waals surface area contributed by atoms with E-state index in [0.29, 0.717) is 0 Å². The summed E-state index contributed by atoms with van der Waals surface area (Å²) < 4.78 is 32.8. The summed E-state index contributed by atoms with van der Waals surface area (Å²) in [5.41, 5.74) is -0.579. The van der Waals surface area contributed by atoms with Gasteiger partial charge in [0.2, 0.25) is 10.0 Å². The van der Waals surface area contributed by atoms with Gasteiger partial charge in [-0.15, -0.1) is 0 Å². The molecule has 0 saturated heterocycles. The number of benzene rings is 1. The van der Waals surface area contributed by atoms with E-state index in [9.17, 15) is 23.3 Å². The highest BCUT2D eigenvalue weighted by Crippen LogP contribution is 2.37. The van der Waals surface area contributed by atoms with E-state index in [0.717, 1.165) is 19.2 Å². The normalized spacial score (nSPS) is 11.0. The summed E-state index contributed by atoms with van der Waals surface area (Å²) in [6, 6.07) is 1.66. The van der Waals surface area contributed by atoms with Gasteiger partial charge in [0.25, 0.3) is 5.69 Å². The average molecular weight is 320 g/mol. The smallest absolute Gasteiger partial charge is 0.306 e. The number of nitro benzene ring substituents is 1. The van der Waals surface area contributed by atoms with Crippen LogP contribution >= 0.6 is 0 Å². The number of nitro groups is 1. The lowest BCUT2D eigenvalue weighted by Gasteiger charge is -2.13. The monoisotopic (exact) mass is 320 g/mol. The molecule has 0 aliphatic heterocycles. The van der Waals surface area contributed by atoms with Crippen LogP contribution in [0.4, 0.5) is 5.69 Å². The third-order valence-electron chi connectivity index (χ3n) is 2.30. The van der Waals surface area contributed by atoms with Crippen LogP contribution in [-0.2, 0) is 14.8 Å². The molecule has 0 atom stereocenters. The molecule has 0 aliphatic carbocycles. The van der Waals surface area contributed by atoms with Crippen LogP contribution < -0.4 is 14.6 Å². The minimum Gasteiger partial charge on any atom is -0.492 e. The number of hydrogen-bond donors (Lipinski definition) is 2. The van der Waals surface area contributed by atoms with Gasteiger partial charge in [-0.25, -0.2) is 13.6 Å². The van der Waals surface area contributed by atoms with E-state index < -0.39 is 31.5 Å². The minimum absolute atomic E-state index is 0.281. The van der Waals surface area contributed by atoms with Crippen molar-refractivity contribution in [2.45, 2.75) is 11.3 Å². The number of nitrogens with zero attached hydrogens (tertiary/aromatic N) is 1. The van der Waals surface area contributed by atoms with E-state index >= 15 is 0 Å². The lowest BCUT2D eigenvalue weighted by Crippen LogP contribution is -2.15. The molecule has 1 aromatic carbocycles. The predicted molar refractivity (Wildman–Crippen MR) is 68.8 cm³/mol. The van der Waals surface area contributed by atoms with Gasteiger partial charge < -0.3 is 14.6 Å². The van der Waals surface area contributed by atoms with Gasteiger partial charge in [0.05, 0.1) is 31.1 Å². The fourth-order valence-electron chi connectivity index (χ4n) is 1.44. The van der Waals surface area contributed by atoms with Gasteiger partial charge >= 0.3 is 5.97 Å². The molecule has 1 aromatic rings. The molecule has 0 saturated carbocycles. The second kappa shape index (κ2) is 6.37. The van der Waals surface area contributed by atoms with Gasteiger partial charge in [-0.2, -0.15) is 0 Å². The van der Waals surface area contributed by atoms with Crippen molar-refractivity contribution in [3.05, 3.63) is 22.2 Å². The quantitative estimate of drug-likeness (QED) is 0.528. The third-order valence-corrected chi connectivity index (χ3v) is 3.22. The molecule has 0 unspecified atom stereocenters. The Hall–Kier alpha value is -2.40. The standard InChI is InChI=1S/C10H12N2O8S/c1-19-10-7(20-3-2-9(13)14)4-6(12(15)16)5-8(10)21(11,17)18/h4-5H,2-3H2,1H3,(H,13,14)(H2,11,17,18). The number of primary sulfonamides is 1. The topological polar surface area (TPSA) is 159 Å². The van der Waals surface area contributed by atoms with Gasteiger partial charge in [0.1, 0.15) is 4.90 Å². The van der Waals surface area contributed by atoms with Crippen LogP contribution in [0.15, 0.2) is 17.0 Å². The number of carboxylic acid groups (broad SMARTS) is 1. The highest BCUT2D eigenvalue weighted by atomic mass is 32.2. The predicted octanol–water partition coefficient (Wildman–Crippen LogP) is 0.104. The van der Waals surface area contributed by atoms with E-state index in [2.05, 4.69) is 0 Å². The molecule has 10 nitrogen and oxygen atoms in total. The molecule has 11 heteroatoms. The zero-order valence-corrected chi connectivity index (χ0v) is 11.6. The van der Waals surface area contributed by atoms with Crippen molar-refractivity contribution in [2.75, 3.05) is 13.7 Å². The molecule has 0 aromatic heterocycles. The number of non-ortho nitro benzene ring substituents is 1. The van der Waals surface area contributed by atoms with Crippen LogP contribution in [0, 0.1) is 10.1 Å². The summed E-state index contributed by atoms with van der Waals surface area (Å²) in [5, 5.41) is 24.3. The largest absolute Gasteiger partial charge is 0.492 e. The van der Waals surface area contributed by atoms with Crippen molar-refractivity contribution in [3.63, 3.8) is 0 Å². The first-order chi connectivity index (χ1) is 9.66. The number of carboxylic acids is 1. The average Bonchev–Trinajstić information content (AvgIpc) is 2.36. The fourth-order valence-corrected chi connectivity index (χ4v) is 2.16. The fraction of sp³-hybridized carbons (Fsp3) is 0.300. The second-order valence-electron chi connectivity index (χ2n) is 3.77. The Kier molecular flexibility index (Phi) is 5.05. The Balaban J connectivity index is 3.35. The van der Waals surface area contributed by atoms with Gasteiger partial charge in [0, 0.05) is 6.07 Å². The number of ether oxygens (including phenoxy) is 2. The van der Waals surface area contributed by atoms with Crippen LogP contribution in [-0.4, -0.2) is 38.1 Å². The summed E-state index contributed by atoms with van der Waals surface area (Å²) in [5.74, 6) is -1.75. The van der Waals surface area contributed by atoms with Crippen LogP contribution in [0.1, 0.15) is 6.42 Å². The number of hydrogen-bond acceptors (Lipinski definition) is 7. The molecule has 1 rings (SSSR count). The number of aliphatic carboxylic acids is 1. The molecule has 0 amide bonds. The Bertz CT molecular complexity index is 670. The van der Waals surface area contributed by atoms with E-state index in [4.69, 9.17) is 19.7 Å². The molecule has 21 heavy (non-hydrogen) atoms. The van der Waals surface area contributed by atoms with Crippen molar-refractivity contribution in [2.24, 2.45) is 5.14 Å². The first kappa shape index (κ1) is 16.7. The summed E-state index contributed by atoms with van der Waals surface area (Å²) in [4.78, 5) is 19.7. The van der Waals surface area contributed by atoms with Crippen molar-refractivity contribution in [3.8, 4) is 11.5 Å². The van der Waals surface area contributed by atoms with Gasteiger partial charge in [0.15, 0.2) is 11.5 Å². The van der Waals surface area contributed by atoms with E-state index in [1.807, 2.05) is 0 Å². The summed E-state index contributed by atoms with van der Waals surface area (Å²) in [6.07, 6.45) is -0.378. The maximum atomic E-state index is 11.4. The highest BCUT2D eigenvalue weighted by molar-refractivity contribution is 7.89. The number of sulfonamides is 1. The number of rotatable bonds is 7. The SMILES string of the molecule is COc1c(OCCC(=O)O)cc([N+](=O)[O-])cc1S(N)(=O)=O. The van der Waals surface area contributed by atoms with Crippen LogP contribution in [0.5, 0.6) is 11.5 Å². The van der Waals surface area contributed by atoms with E-state index in [-0.39, 0.29) is 24.5 Å². The molecule has 116 valence electrons. The summed E-state index contributed by atoms with van der Waals surface area (Å²) in [6.45, 7) is -0.322. The third kappa shape index (κ3) is 4.29. The number of methoxy groups -OCH3 is 1. The Morgan fingerprint density at radius 3 is 2.52 bits per heavy atom. The molecule has 0 heterocycles.